The van der Waals surface area contributed by atoms with Crippen LogP contribution in [0.3, 0.4) is 0 Å². The van der Waals surface area contributed by atoms with Crippen LogP contribution in [0.2, 0.25) is 0 Å². The van der Waals surface area contributed by atoms with Crippen LogP contribution in [0.15, 0.2) is 12.4 Å². The number of aliphatic carboxylic acids is 1. The second-order valence-electron chi connectivity index (χ2n) is 7.26. The van der Waals surface area contributed by atoms with Crippen LogP contribution >= 0.6 is 0 Å². The van der Waals surface area contributed by atoms with Crippen LogP contribution in [0.5, 0.6) is 0 Å². The predicted octanol–water partition coefficient (Wildman–Crippen LogP) is 0.541. The lowest BCUT2D eigenvalue weighted by Gasteiger charge is -2.42. The van der Waals surface area contributed by atoms with Gasteiger partial charge in [0.2, 0.25) is 0 Å². The number of carbonyl (C=O) groups is 2. The minimum atomic E-state index is -0.933. The average molecular weight is 350 g/mol. The molecule has 8 nitrogen and oxygen atoms in total. The van der Waals surface area contributed by atoms with Crippen molar-refractivity contribution in [3.8, 4) is 0 Å². The number of rotatable bonds is 5. The van der Waals surface area contributed by atoms with Gasteiger partial charge in [-0.25, -0.2) is 0 Å². The van der Waals surface area contributed by atoms with Crippen molar-refractivity contribution in [2.75, 3.05) is 39.4 Å². The summed E-state index contributed by atoms with van der Waals surface area (Å²) in [5.41, 5.74) is -0.344. The Kier molecular flexibility index (Phi) is 5.10. The molecule has 0 spiro atoms. The molecule has 138 valence electrons. The molecule has 1 atom stereocenters. The molecule has 0 bridgehead atoms. The zero-order chi connectivity index (χ0) is 18.0. The highest BCUT2D eigenvalue weighted by molar-refractivity contribution is 5.93. The van der Waals surface area contributed by atoms with Gasteiger partial charge in [0.25, 0.3) is 5.91 Å². The number of piperazine rings is 1. The van der Waals surface area contributed by atoms with Gasteiger partial charge in [0.05, 0.1) is 18.4 Å². The van der Waals surface area contributed by atoms with Crippen molar-refractivity contribution in [1.29, 1.82) is 0 Å². The summed E-state index contributed by atoms with van der Waals surface area (Å²) in [6.45, 7) is 7.80. The van der Waals surface area contributed by atoms with E-state index in [4.69, 9.17) is 4.74 Å². The fraction of sp³-hybridized carbons (Fsp3) is 0.706. The summed E-state index contributed by atoms with van der Waals surface area (Å²) in [7, 11) is 0. The first-order valence-corrected chi connectivity index (χ1v) is 8.80. The van der Waals surface area contributed by atoms with Gasteiger partial charge in [0.1, 0.15) is 5.54 Å². The highest BCUT2D eigenvalue weighted by Gasteiger charge is 2.48. The molecule has 3 heterocycles. The quantitative estimate of drug-likeness (QED) is 0.834. The van der Waals surface area contributed by atoms with E-state index in [9.17, 15) is 14.7 Å². The summed E-state index contributed by atoms with van der Waals surface area (Å²) in [5.74, 6) is -0.409. The van der Waals surface area contributed by atoms with Crippen LogP contribution in [-0.4, -0.2) is 81.5 Å². The molecule has 8 heteroatoms. The first-order valence-electron chi connectivity index (χ1n) is 8.80. The minimum Gasteiger partial charge on any atom is -0.480 e. The zero-order valence-corrected chi connectivity index (χ0v) is 14.8. The van der Waals surface area contributed by atoms with E-state index in [-0.39, 0.29) is 12.5 Å². The molecule has 2 saturated heterocycles. The number of carbonyl (C=O) groups excluding carboxylic acids is 1. The second-order valence-corrected chi connectivity index (χ2v) is 7.26. The molecule has 1 aromatic rings. The van der Waals surface area contributed by atoms with Gasteiger partial charge in [-0.3, -0.25) is 19.2 Å². The molecule has 25 heavy (non-hydrogen) atoms. The normalized spacial score (nSPS) is 24.8. The van der Waals surface area contributed by atoms with Crippen LogP contribution in [-0.2, 0) is 16.1 Å². The summed E-state index contributed by atoms with van der Waals surface area (Å²) in [6, 6.07) is 0. The van der Waals surface area contributed by atoms with Crippen molar-refractivity contribution < 1.29 is 19.4 Å². The topological polar surface area (TPSA) is 87.9 Å². The zero-order valence-electron chi connectivity index (χ0n) is 14.8. The Balaban J connectivity index is 1.61. The van der Waals surface area contributed by atoms with Gasteiger partial charge in [0.15, 0.2) is 0 Å². The van der Waals surface area contributed by atoms with Gasteiger partial charge in [-0.05, 0) is 5.92 Å². The number of carboxylic acid groups (broad SMARTS) is 1. The van der Waals surface area contributed by atoms with E-state index in [1.807, 2.05) is 4.90 Å². The Morgan fingerprint density at radius 2 is 2.04 bits per heavy atom. The van der Waals surface area contributed by atoms with E-state index in [0.29, 0.717) is 50.7 Å². The number of hydrogen-bond donors (Lipinski definition) is 1. The standard InChI is InChI=1S/C17H26N4O4/c1-13(2)10-21-11-14(9-18-21)15(22)19-4-6-20(7-5-19)17(16(23)24)3-8-25-12-17/h9,11,13H,3-8,10,12H2,1-2H3,(H,23,24). The fourth-order valence-electron chi connectivity index (χ4n) is 3.58. The summed E-state index contributed by atoms with van der Waals surface area (Å²) in [6.07, 6.45) is 3.90. The van der Waals surface area contributed by atoms with Gasteiger partial charge in [-0.2, -0.15) is 5.10 Å². The molecule has 1 aromatic heterocycles. The number of hydrogen-bond acceptors (Lipinski definition) is 5. The van der Waals surface area contributed by atoms with Gasteiger partial charge >= 0.3 is 5.97 Å². The third-order valence-corrected chi connectivity index (χ3v) is 5.00. The highest BCUT2D eigenvalue weighted by atomic mass is 16.5. The van der Waals surface area contributed by atoms with Crippen molar-refractivity contribution in [2.24, 2.45) is 5.92 Å². The maximum absolute atomic E-state index is 12.7. The number of nitrogens with zero attached hydrogens (tertiary/aromatic N) is 4. The molecule has 0 aromatic carbocycles. The van der Waals surface area contributed by atoms with Crippen molar-refractivity contribution in [3.05, 3.63) is 18.0 Å². The lowest BCUT2D eigenvalue weighted by atomic mass is 9.95. The molecule has 2 fully saturated rings. The Morgan fingerprint density at radius 1 is 1.32 bits per heavy atom. The summed E-state index contributed by atoms with van der Waals surface area (Å²) >= 11 is 0. The van der Waals surface area contributed by atoms with E-state index in [2.05, 4.69) is 18.9 Å². The SMILES string of the molecule is CC(C)Cn1cc(C(=O)N2CCN(C3(C(=O)O)CCOC3)CC2)cn1. The maximum Gasteiger partial charge on any atom is 0.326 e. The Bertz CT molecular complexity index is 628. The van der Waals surface area contributed by atoms with Gasteiger partial charge in [-0.15, -0.1) is 0 Å². The highest BCUT2D eigenvalue weighted by Crippen LogP contribution is 2.28. The summed E-state index contributed by atoms with van der Waals surface area (Å²) < 4.78 is 7.13. The molecule has 0 radical (unpaired) electrons. The smallest absolute Gasteiger partial charge is 0.326 e. The molecule has 2 aliphatic rings. The second kappa shape index (κ2) is 7.13. The number of amides is 1. The van der Waals surface area contributed by atoms with Crippen LogP contribution in [0, 0.1) is 5.92 Å². The first kappa shape index (κ1) is 17.9. The molecule has 1 unspecified atom stereocenters. The van der Waals surface area contributed by atoms with Crippen LogP contribution in [0.4, 0.5) is 0 Å². The molecular formula is C17H26N4O4. The van der Waals surface area contributed by atoms with Crippen LogP contribution in [0.1, 0.15) is 30.6 Å². The maximum atomic E-state index is 12.7. The van der Waals surface area contributed by atoms with Crippen LogP contribution < -0.4 is 0 Å². The molecular weight excluding hydrogens is 324 g/mol. The lowest BCUT2D eigenvalue weighted by Crippen LogP contribution is -2.61. The van der Waals surface area contributed by atoms with Crippen molar-refractivity contribution >= 4 is 11.9 Å². The molecule has 0 saturated carbocycles. The van der Waals surface area contributed by atoms with E-state index < -0.39 is 11.5 Å². The third kappa shape index (κ3) is 3.55. The Hall–Kier alpha value is -1.93. The number of carboxylic acids is 1. The van der Waals surface area contributed by atoms with Gasteiger partial charge < -0.3 is 14.7 Å². The van der Waals surface area contributed by atoms with Gasteiger partial charge in [-0.1, -0.05) is 13.8 Å². The number of ether oxygens (including phenoxy) is 1. The molecule has 0 aliphatic carbocycles. The van der Waals surface area contributed by atoms with Crippen LogP contribution in [0.25, 0.3) is 0 Å². The lowest BCUT2D eigenvalue weighted by molar-refractivity contribution is -0.152. The van der Waals surface area contributed by atoms with E-state index in [0.717, 1.165) is 6.54 Å². The average Bonchev–Trinajstić information content (AvgIpc) is 3.24. The summed E-state index contributed by atoms with van der Waals surface area (Å²) in [4.78, 5) is 28.1. The van der Waals surface area contributed by atoms with E-state index in [1.54, 1.807) is 22.0 Å². The predicted molar refractivity (Wildman–Crippen MR) is 90.3 cm³/mol. The van der Waals surface area contributed by atoms with Crippen molar-refractivity contribution in [2.45, 2.75) is 32.4 Å². The monoisotopic (exact) mass is 350 g/mol. The summed E-state index contributed by atoms with van der Waals surface area (Å²) in [5, 5.41) is 13.9. The van der Waals surface area contributed by atoms with E-state index >= 15 is 0 Å². The Labute approximate surface area is 147 Å². The van der Waals surface area contributed by atoms with E-state index in [1.165, 1.54) is 0 Å². The molecule has 3 rings (SSSR count). The third-order valence-electron chi connectivity index (χ3n) is 5.00. The number of aromatic nitrogens is 2. The first-order chi connectivity index (χ1) is 11.9. The Morgan fingerprint density at radius 3 is 2.60 bits per heavy atom. The van der Waals surface area contributed by atoms with Gasteiger partial charge in [0, 0.05) is 51.9 Å². The molecule has 2 aliphatic heterocycles. The molecule has 1 amide bonds. The fourth-order valence-corrected chi connectivity index (χ4v) is 3.58. The minimum absolute atomic E-state index is 0.0401. The largest absolute Gasteiger partial charge is 0.480 e. The molecule has 1 N–H and O–H groups in total. The van der Waals surface area contributed by atoms with Crippen molar-refractivity contribution in [3.63, 3.8) is 0 Å². The van der Waals surface area contributed by atoms with Crippen molar-refractivity contribution in [1.82, 2.24) is 19.6 Å².